The van der Waals surface area contributed by atoms with Crippen molar-refractivity contribution in [2.75, 3.05) is 7.05 Å². The van der Waals surface area contributed by atoms with Gasteiger partial charge in [0.15, 0.2) is 5.69 Å². The molecule has 9 nitrogen and oxygen atoms in total. The van der Waals surface area contributed by atoms with Gasteiger partial charge in [0.25, 0.3) is 11.8 Å². The Bertz CT molecular complexity index is 1160. The molecule has 1 aliphatic rings. The number of carbonyl (C=O) groups excluding carboxylic acids is 3. The summed E-state index contributed by atoms with van der Waals surface area (Å²) in [5, 5.41) is 9.72. The van der Waals surface area contributed by atoms with Crippen LogP contribution >= 0.6 is 0 Å². The van der Waals surface area contributed by atoms with E-state index in [1.165, 1.54) is 41.1 Å². The Labute approximate surface area is 183 Å². The van der Waals surface area contributed by atoms with E-state index in [0.717, 1.165) is 5.56 Å². The van der Waals surface area contributed by atoms with Gasteiger partial charge in [-0.1, -0.05) is 12.1 Å². The zero-order chi connectivity index (χ0) is 22.9. The van der Waals surface area contributed by atoms with Crippen molar-refractivity contribution in [2.24, 2.45) is 0 Å². The molecule has 0 saturated carbocycles. The summed E-state index contributed by atoms with van der Waals surface area (Å²) in [6, 6.07) is 10.6. The summed E-state index contributed by atoms with van der Waals surface area (Å²) in [4.78, 5) is 39.7. The van der Waals surface area contributed by atoms with Crippen molar-refractivity contribution in [3.63, 3.8) is 0 Å². The predicted molar refractivity (Wildman–Crippen MR) is 111 cm³/mol. The highest BCUT2D eigenvalue weighted by Crippen LogP contribution is 2.26. The minimum Gasteiger partial charge on any atom is -0.467 e. The maximum absolute atomic E-state index is 13.1. The summed E-state index contributed by atoms with van der Waals surface area (Å²) < 4.78 is 19.6. The van der Waals surface area contributed by atoms with Crippen LogP contribution in [0.25, 0.3) is 0 Å². The van der Waals surface area contributed by atoms with Crippen LogP contribution in [0.5, 0.6) is 0 Å². The van der Waals surface area contributed by atoms with Crippen molar-refractivity contribution in [1.29, 1.82) is 0 Å². The number of aromatic nitrogens is 2. The van der Waals surface area contributed by atoms with Gasteiger partial charge in [0, 0.05) is 19.7 Å². The van der Waals surface area contributed by atoms with Crippen LogP contribution in [0.4, 0.5) is 4.39 Å². The lowest BCUT2D eigenvalue weighted by Crippen LogP contribution is -2.62. The third kappa shape index (κ3) is 3.98. The normalized spacial score (nSPS) is 17.7. The van der Waals surface area contributed by atoms with Gasteiger partial charge in [-0.3, -0.25) is 19.1 Å². The number of amides is 3. The molecule has 166 valence electrons. The Morgan fingerprint density at radius 3 is 2.62 bits per heavy atom. The van der Waals surface area contributed by atoms with Crippen LogP contribution in [0.1, 0.15) is 39.2 Å². The van der Waals surface area contributed by atoms with Crippen molar-refractivity contribution >= 4 is 17.7 Å². The molecule has 0 bridgehead atoms. The molecule has 0 aliphatic carbocycles. The Morgan fingerprint density at radius 1 is 1.19 bits per heavy atom. The molecular formula is C22H22FN5O4. The lowest BCUT2D eigenvalue weighted by molar-refractivity contribution is -0.132. The number of carbonyl (C=O) groups is 3. The van der Waals surface area contributed by atoms with E-state index in [-0.39, 0.29) is 42.7 Å². The van der Waals surface area contributed by atoms with Gasteiger partial charge >= 0.3 is 0 Å². The molecule has 2 N–H and O–H groups in total. The van der Waals surface area contributed by atoms with Gasteiger partial charge in [0.1, 0.15) is 22.8 Å². The molecule has 32 heavy (non-hydrogen) atoms. The average molecular weight is 439 g/mol. The number of nitrogens with one attached hydrogen (secondary N) is 2. The van der Waals surface area contributed by atoms with E-state index in [2.05, 4.69) is 15.7 Å². The SMILES string of the molecule is CN1C(=O)c2cc(C(=O)NCc3ccco3)nn2C[C@@]1(C)C(=O)NCc1ccc(F)cc1. The van der Waals surface area contributed by atoms with Crippen molar-refractivity contribution < 1.29 is 23.2 Å². The third-order valence-corrected chi connectivity index (χ3v) is 5.59. The Hall–Kier alpha value is -3.95. The fraction of sp³-hybridized carbons (Fsp3) is 0.273. The smallest absolute Gasteiger partial charge is 0.272 e. The number of halogens is 1. The van der Waals surface area contributed by atoms with Crippen LogP contribution in [0.2, 0.25) is 0 Å². The predicted octanol–water partition coefficient (Wildman–Crippen LogP) is 1.71. The van der Waals surface area contributed by atoms with E-state index >= 15 is 0 Å². The molecule has 1 aromatic carbocycles. The summed E-state index contributed by atoms with van der Waals surface area (Å²) in [6.45, 7) is 2.08. The minimum atomic E-state index is -1.22. The highest BCUT2D eigenvalue weighted by molar-refractivity contribution is 6.01. The summed E-state index contributed by atoms with van der Waals surface area (Å²) in [5.74, 6) is -1.04. The number of benzene rings is 1. The van der Waals surface area contributed by atoms with Crippen LogP contribution in [0.3, 0.4) is 0 Å². The zero-order valence-corrected chi connectivity index (χ0v) is 17.6. The molecule has 3 aromatic rings. The second-order valence-electron chi connectivity index (χ2n) is 7.78. The standard InChI is InChI=1S/C22H22FN5O4/c1-22(21(31)25-11-14-5-7-15(23)8-6-14)13-28-18(20(30)27(22)2)10-17(26-28)19(29)24-12-16-4-3-9-32-16/h3-10H,11-13H2,1-2H3,(H,24,29)(H,25,31)/t22-/m0/s1. The number of fused-ring (bicyclic) bond motifs is 1. The molecule has 0 unspecified atom stereocenters. The molecular weight excluding hydrogens is 417 g/mol. The number of rotatable bonds is 6. The first-order valence-corrected chi connectivity index (χ1v) is 9.97. The maximum Gasteiger partial charge on any atom is 0.272 e. The zero-order valence-electron chi connectivity index (χ0n) is 17.6. The maximum atomic E-state index is 13.1. The van der Waals surface area contributed by atoms with Crippen LogP contribution in [0, 0.1) is 5.82 Å². The van der Waals surface area contributed by atoms with Crippen molar-refractivity contribution in [1.82, 2.24) is 25.3 Å². The van der Waals surface area contributed by atoms with E-state index in [1.807, 2.05) is 0 Å². The summed E-state index contributed by atoms with van der Waals surface area (Å²) >= 11 is 0. The quantitative estimate of drug-likeness (QED) is 0.608. The van der Waals surface area contributed by atoms with Crippen molar-refractivity contribution in [3.05, 3.63) is 77.3 Å². The first kappa shape index (κ1) is 21.3. The highest BCUT2D eigenvalue weighted by atomic mass is 19.1. The van der Waals surface area contributed by atoms with Crippen LogP contribution in [-0.2, 0) is 24.4 Å². The van der Waals surface area contributed by atoms with Gasteiger partial charge in [-0.05, 0) is 36.8 Å². The first-order chi connectivity index (χ1) is 15.3. The van der Waals surface area contributed by atoms with Crippen molar-refractivity contribution in [3.8, 4) is 0 Å². The third-order valence-electron chi connectivity index (χ3n) is 5.59. The molecule has 3 heterocycles. The molecule has 3 amide bonds. The molecule has 0 fully saturated rings. The molecule has 4 rings (SSSR count). The van der Waals surface area contributed by atoms with Crippen molar-refractivity contribution in [2.45, 2.75) is 32.1 Å². The molecule has 10 heteroatoms. The van der Waals surface area contributed by atoms with Crippen LogP contribution in [-0.4, -0.2) is 45.0 Å². The number of furan rings is 1. The van der Waals surface area contributed by atoms with Gasteiger partial charge in [-0.2, -0.15) is 5.10 Å². The molecule has 2 aromatic heterocycles. The largest absolute Gasteiger partial charge is 0.467 e. The summed E-state index contributed by atoms with van der Waals surface area (Å²) in [5.41, 5.74) is -0.204. The molecule has 1 aliphatic heterocycles. The van der Waals surface area contributed by atoms with Gasteiger partial charge in [-0.15, -0.1) is 0 Å². The highest BCUT2D eigenvalue weighted by Gasteiger charge is 2.46. The minimum absolute atomic E-state index is 0.0734. The lowest BCUT2D eigenvalue weighted by Gasteiger charge is -2.40. The van der Waals surface area contributed by atoms with E-state index in [9.17, 15) is 18.8 Å². The number of hydrogen-bond acceptors (Lipinski definition) is 5. The Balaban J connectivity index is 1.47. The monoisotopic (exact) mass is 439 g/mol. The van der Waals surface area contributed by atoms with Crippen LogP contribution < -0.4 is 10.6 Å². The van der Waals surface area contributed by atoms with E-state index in [4.69, 9.17) is 4.42 Å². The van der Waals surface area contributed by atoms with Gasteiger partial charge in [0.05, 0.1) is 19.4 Å². The van der Waals surface area contributed by atoms with Gasteiger partial charge in [0.2, 0.25) is 5.91 Å². The molecule has 0 radical (unpaired) electrons. The van der Waals surface area contributed by atoms with E-state index in [0.29, 0.717) is 5.76 Å². The fourth-order valence-corrected chi connectivity index (χ4v) is 3.48. The average Bonchev–Trinajstić information content (AvgIpc) is 3.45. The Kier molecular flexibility index (Phi) is 5.52. The number of hydrogen-bond donors (Lipinski definition) is 2. The molecule has 0 spiro atoms. The van der Waals surface area contributed by atoms with Gasteiger partial charge < -0.3 is 20.0 Å². The first-order valence-electron chi connectivity index (χ1n) is 9.97. The van der Waals surface area contributed by atoms with Gasteiger partial charge in [-0.25, -0.2) is 4.39 Å². The fourth-order valence-electron chi connectivity index (χ4n) is 3.48. The lowest BCUT2D eigenvalue weighted by atomic mass is 9.96. The molecule has 0 saturated heterocycles. The Morgan fingerprint density at radius 2 is 1.94 bits per heavy atom. The summed E-state index contributed by atoms with van der Waals surface area (Å²) in [6.07, 6.45) is 1.51. The molecule has 1 atom stereocenters. The van der Waals surface area contributed by atoms with E-state index in [1.54, 1.807) is 31.2 Å². The van der Waals surface area contributed by atoms with E-state index < -0.39 is 17.4 Å². The summed E-state index contributed by atoms with van der Waals surface area (Å²) in [7, 11) is 1.53. The second kappa shape index (κ2) is 8.29. The van der Waals surface area contributed by atoms with Crippen LogP contribution in [0.15, 0.2) is 53.1 Å². The number of likely N-dealkylation sites (N-methyl/N-ethyl adjacent to an activating group) is 1. The topological polar surface area (TPSA) is 109 Å². The second-order valence-corrected chi connectivity index (χ2v) is 7.78. The number of nitrogens with zero attached hydrogens (tertiary/aromatic N) is 3.